The lowest BCUT2D eigenvalue weighted by Gasteiger charge is -2.18. The lowest BCUT2D eigenvalue weighted by atomic mass is 9.94. The third-order valence-electron chi connectivity index (χ3n) is 4.52. The number of aliphatic imine (C=N–C) groups is 1. The monoisotopic (exact) mass is 497 g/mol. The summed E-state index contributed by atoms with van der Waals surface area (Å²) in [5.74, 6) is 1.98. The van der Waals surface area contributed by atoms with Crippen LogP contribution in [0.4, 0.5) is 5.69 Å². The normalized spacial score (nSPS) is 13.7. The van der Waals surface area contributed by atoms with Gasteiger partial charge in [0.2, 0.25) is 11.8 Å². The second-order valence-electron chi connectivity index (χ2n) is 7.57. The Hall–Kier alpha value is -2.10. The molecule has 1 aliphatic rings. The van der Waals surface area contributed by atoms with Crippen LogP contribution in [0.25, 0.3) is 0 Å². The second-order valence-corrected chi connectivity index (χ2v) is 7.57. The van der Waals surface area contributed by atoms with Gasteiger partial charge in [-0.15, -0.1) is 24.0 Å². The van der Waals surface area contributed by atoms with Gasteiger partial charge in [0, 0.05) is 24.7 Å². The molecule has 8 heteroatoms. The number of benzene rings is 1. The first-order chi connectivity index (χ1) is 12.9. The summed E-state index contributed by atoms with van der Waals surface area (Å²) in [5.41, 5.74) is 2.14. The first-order valence-electron chi connectivity index (χ1n) is 9.16. The van der Waals surface area contributed by atoms with Crippen molar-refractivity contribution in [3.63, 3.8) is 0 Å². The Morgan fingerprint density at radius 1 is 1.29 bits per heavy atom. The van der Waals surface area contributed by atoms with Crippen LogP contribution in [-0.2, 0) is 23.2 Å². The molecule has 3 rings (SSSR count). The van der Waals surface area contributed by atoms with E-state index in [0.717, 1.165) is 24.4 Å². The standard InChI is InChI=1S/C20H27N5O2.HI/c1-20(2,3)16-11-22-17(27-16)12-23-19(21-4)24-13-18(26)25-10-9-14-7-5-6-8-15(14)25;/h5-8,11H,9-10,12-13H2,1-4H3,(H2,21,23,24);1H. The minimum Gasteiger partial charge on any atom is -0.443 e. The fourth-order valence-corrected chi connectivity index (χ4v) is 2.97. The smallest absolute Gasteiger partial charge is 0.246 e. The van der Waals surface area contributed by atoms with E-state index in [-0.39, 0.29) is 41.8 Å². The average Bonchev–Trinajstić information content (AvgIpc) is 3.28. The Kier molecular flexibility index (Phi) is 7.45. The van der Waals surface area contributed by atoms with Crippen LogP contribution in [0, 0.1) is 0 Å². The zero-order valence-corrected chi connectivity index (χ0v) is 19.1. The Morgan fingerprint density at radius 2 is 2.04 bits per heavy atom. The minimum absolute atomic E-state index is 0. The quantitative estimate of drug-likeness (QED) is 0.386. The van der Waals surface area contributed by atoms with Crippen molar-refractivity contribution < 1.29 is 9.21 Å². The van der Waals surface area contributed by atoms with E-state index in [1.54, 1.807) is 13.2 Å². The number of hydrogen-bond donors (Lipinski definition) is 2. The molecule has 2 N–H and O–H groups in total. The highest BCUT2D eigenvalue weighted by Gasteiger charge is 2.24. The zero-order chi connectivity index (χ0) is 19.4. The number of hydrogen-bond acceptors (Lipinski definition) is 4. The topological polar surface area (TPSA) is 82.8 Å². The fourth-order valence-electron chi connectivity index (χ4n) is 2.97. The zero-order valence-electron chi connectivity index (χ0n) is 16.8. The molecule has 0 aliphatic carbocycles. The van der Waals surface area contributed by atoms with Gasteiger partial charge >= 0.3 is 0 Å². The van der Waals surface area contributed by atoms with Gasteiger partial charge in [0.15, 0.2) is 5.96 Å². The average molecular weight is 497 g/mol. The van der Waals surface area contributed by atoms with Crippen molar-refractivity contribution in [2.75, 3.05) is 25.0 Å². The summed E-state index contributed by atoms with van der Waals surface area (Å²) in [4.78, 5) is 22.8. The highest BCUT2D eigenvalue weighted by atomic mass is 127. The van der Waals surface area contributed by atoms with E-state index in [1.165, 1.54) is 5.56 Å². The number of nitrogens with one attached hydrogen (secondary N) is 2. The van der Waals surface area contributed by atoms with Crippen LogP contribution < -0.4 is 15.5 Å². The molecule has 0 unspecified atom stereocenters. The third kappa shape index (κ3) is 5.24. The van der Waals surface area contributed by atoms with Gasteiger partial charge in [0.1, 0.15) is 5.76 Å². The molecule has 2 heterocycles. The molecule has 1 amide bonds. The Bertz CT molecular complexity index is 841. The number of fused-ring (bicyclic) bond motifs is 1. The summed E-state index contributed by atoms with van der Waals surface area (Å²) in [6, 6.07) is 8.02. The van der Waals surface area contributed by atoms with Crippen molar-refractivity contribution in [2.24, 2.45) is 4.99 Å². The number of anilines is 1. The van der Waals surface area contributed by atoms with Gasteiger partial charge in [-0.1, -0.05) is 39.0 Å². The number of carbonyl (C=O) groups excluding carboxylic acids is 1. The Balaban J connectivity index is 0.00000280. The van der Waals surface area contributed by atoms with Gasteiger partial charge in [0.05, 0.1) is 19.3 Å². The number of oxazole rings is 1. The predicted octanol–water partition coefficient (Wildman–Crippen LogP) is 2.84. The maximum Gasteiger partial charge on any atom is 0.246 e. The molecule has 1 aromatic heterocycles. The molecular formula is C20H28IN5O2. The molecule has 28 heavy (non-hydrogen) atoms. The van der Waals surface area contributed by atoms with Gasteiger partial charge in [-0.05, 0) is 18.1 Å². The van der Waals surface area contributed by atoms with Crippen molar-refractivity contribution in [3.8, 4) is 0 Å². The van der Waals surface area contributed by atoms with E-state index >= 15 is 0 Å². The van der Waals surface area contributed by atoms with E-state index in [0.29, 0.717) is 18.4 Å². The molecule has 0 saturated heterocycles. The number of amides is 1. The highest BCUT2D eigenvalue weighted by Crippen LogP contribution is 2.27. The number of halogens is 1. The van der Waals surface area contributed by atoms with Crippen LogP contribution in [0.1, 0.15) is 38.0 Å². The van der Waals surface area contributed by atoms with E-state index in [9.17, 15) is 4.79 Å². The maximum atomic E-state index is 12.6. The van der Waals surface area contributed by atoms with E-state index < -0.39 is 0 Å². The van der Waals surface area contributed by atoms with E-state index in [1.807, 2.05) is 23.1 Å². The lowest BCUT2D eigenvalue weighted by molar-refractivity contribution is -0.117. The molecule has 1 aliphatic heterocycles. The molecular weight excluding hydrogens is 469 g/mol. The first-order valence-corrected chi connectivity index (χ1v) is 9.16. The minimum atomic E-state index is -0.0797. The summed E-state index contributed by atoms with van der Waals surface area (Å²) < 4.78 is 5.76. The molecule has 1 aromatic carbocycles. The highest BCUT2D eigenvalue weighted by molar-refractivity contribution is 14.0. The van der Waals surface area contributed by atoms with Crippen molar-refractivity contribution in [1.29, 1.82) is 0 Å². The number of aromatic nitrogens is 1. The summed E-state index contributed by atoms with van der Waals surface area (Å²) in [7, 11) is 1.67. The lowest BCUT2D eigenvalue weighted by Crippen LogP contribution is -2.44. The van der Waals surface area contributed by atoms with Crippen molar-refractivity contribution in [2.45, 2.75) is 39.2 Å². The van der Waals surface area contributed by atoms with Gasteiger partial charge < -0.3 is 20.0 Å². The molecule has 0 spiro atoms. The summed E-state index contributed by atoms with van der Waals surface area (Å²) in [5, 5.41) is 6.19. The fraction of sp³-hybridized carbons (Fsp3) is 0.450. The van der Waals surface area contributed by atoms with Gasteiger partial charge in [0.25, 0.3) is 0 Å². The number of rotatable bonds is 4. The van der Waals surface area contributed by atoms with Crippen molar-refractivity contribution >= 4 is 41.5 Å². The molecule has 0 atom stereocenters. The number of carbonyl (C=O) groups is 1. The van der Waals surface area contributed by atoms with Gasteiger partial charge in [-0.25, -0.2) is 4.98 Å². The molecule has 0 radical (unpaired) electrons. The van der Waals surface area contributed by atoms with Crippen LogP contribution in [0.3, 0.4) is 0 Å². The third-order valence-corrected chi connectivity index (χ3v) is 4.52. The van der Waals surface area contributed by atoms with Gasteiger partial charge in [-0.3, -0.25) is 9.79 Å². The molecule has 0 fully saturated rings. The maximum absolute atomic E-state index is 12.6. The molecule has 0 saturated carbocycles. The van der Waals surface area contributed by atoms with E-state index in [4.69, 9.17) is 4.42 Å². The van der Waals surface area contributed by atoms with Crippen LogP contribution in [0.15, 0.2) is 39.9 Å². The summed E-state index contributed by atoms with van der Waals surface area (Å²) in [6.07, 6.45) is 2.65. The summed E-state index contributed by atoms with van der Waals surface area (Å²) in [6.45, 7) is 7.52. The number of para-hydroxylation sites is 1. The molecule has 7 nitrogen and oxygen atoms in total. The predicted molar refractivity (Wildman–Crippen MR) is 121 cm³/mol. The van der Waals surface area contributed by atoms with E-state index in [2.05, 4.69) is 47.4 Å². The van der Waals surface area contributed by atoms with Crippen molar-refractivity contribution in [3.05, 3.63) is 47.7 Å². The van der Waals surface area contributed by atoms with Crippen LogP contribution in [0.2, 0.25) is 0 Å². The molecule has 152 valence electrons. The number of nitrogens with zero attached hydrogens (tertiary/aromatic N) is 3. The van der Waals surface area contributed by atoms with Crippen LogP contribution in [-0.4, -0.2) is 37.0 Å². The molecule has 2 aromatic rings. The van der Waals surface area contributed by atoms with Crippen LogP contribution >= 0.6 is 24.0 Å². The van der Waals surface area contributed by atoms with Crippen molar-refractivity contribution in [1.82, 2.24) is 15.6 Å². The Morgan fingerprint density at radius 3 is 2.71 bits per heavy atom. The van der Waals surface area contributed by atoms with Crippen LogP contribution in [0.5, 0.6) is 0 Å². The first kappa shape index (κ1) is 22.2. The number of guanidine groups is 1. The van der Waals surface area contributed by atoms with Gasteiger partial charge in [-0.2, -0.15) is 0 Å². The largest absolute Gasteiger partial charge is 0.443 e. The summed E-state index contributed by atoms with van der Waals surface area (Å²) >= 11 is 0. The second kappa shape index (κ2) is 9.40. The SMILES string of the molecule is CN=C(NCC(=O)N1CCc2ccccc21)NCc1ncc(C(C)(C)C)o1.I. The Labute approximate surface area is 183 Å². The molecule has 0 bridgehead atoms.